The van der Waals surface area contributed by atoms with Crippen LogP contribution in [0.5, 0.6) is 0 Å². The van der Waals surface area contributed by atoms with Gasteiger partial charge in [-0.1, -0.05) is 24.3 Å². The first-order chi connectivity index (χ1) is 8.79. The maximum absolute atomic E-state index is 13.7. The van der Waals surface area contributed by atoms with Crippen LogP contribution in [0.15, 0.2) is 42.6 Å². The molecule has 1 aromatic heterocycles. The molecule has 0 aliphatic heterocycles. The molecular formula is C14H12FN3. The largest absolute Gasteiger partial charge is 0.341 e. The molecule has 0 spiro atoms. The number of rotatable bonds is 2. The lowest BCUT2D eigenvalue weighted by molar-refractivity contribution is 0.640. The van der Waals surface area contributed by atoms with Gasteiger partial charge in [0.1, 0.15) is 11.6 Å². The zero-order chi connectivity index (χ0) is 12.5. The summed E-state index contributed by atoms with van der Waals surface area (Å²) in [7, 11) is 0. The van der Waals surface area contributed by atoms with Crippen LogP contribution in [0.1, 0.15) is 5.69 Å². The van der Waals surface area contributed by atoms with Crippen molar-refractivity contribution in [1.82, 2.24) is 9.97 Å². The Morgan fingerprint density at radius 1 is 1.11 bits per heavy atom. The molecule has 0 saturated heterocycles. The summed E-state index contributed by atoms with van der Waals surface area (Å²) in [5.41, 5.74) is 7.29. The Hall–Kier alpha value is -2.20. The fourth-order valence-electron chi connectivity index (χ4n) is 2.07. The first kappa shape index (κ1) is 10.9. The number of hydrogen-bond acceptors (Lipinski definition) is 2. The van der Waals surface area contributed by atoms with Gasteiger partial charge >= 0.3 is 0 Å². The lowest BCUT2D eigenvalue weighted by Gasteiger charge is -2.04. The highest BCUT2D eigenvalue weighted by Crippen LogP contribution is 2.28. The summed E-state index contributed by atoms with van der Waals surface area (Å²) in [6, 6.07) is 10.6. The first-order valence-electron chi connectivity index (χ1n) is 5.71. The van der Waals surface area contributed by atoms with Crippen molar-refractivity contribution < 1.29 is 4.39 Å². The maximum Gasteiger partial charge on any atom is 0.138 e. The number of halogens is 1. The van der Waals surface area contributed by atoms with Crippen molar-refractivity contribution in [2.45, 2.75) is 6.54 Å². The average molecular weight is 241 g/mol. The van der Waals surface area contributed by atoms with Crippen LogP contribution < -0.4 is 5.73 Å². The molecule has 0 atom stereocenters. The third-order valence-corrected chi connectivity index (χ3v) is 2.97. The van der Waals surface area contributed by atoms with Gasteiger partial charge in [-0.05, 0) is 17.5 Å². The Kier molecular flexibility index (Phi) is 2.57. The standard InChI is InChI=1S/C14H12FN3/c15-13-6-5-12(10-3-1-2-4-11(10)13)14-17-8-9(7-16)18-14/h1-6,8H,7,16H2,(H,17,18). The highest BCUT2D eigenvalue weighted by molar-refractivity contribution is 5.95. The van der Waals surface area contributed by atoms with Crippen LogP contribution in [0.3, 0.4) is 0 Å². The Morgan fingerprint density at radius 2 is 1.89 bits per heavy atom. The minimum Gasteiger partial charge on any atom is -0.341 e. The van der Waals surface area contributed by atoms with E-state index in [1.165, 1.54) is 6.07 Å². The monoisotopic (exact) mass is 241 g/mol. The van der Waals surface area contributed by atoms with E-state index in [9.17, 15) is 4.39 Å². The Labute approximate surface area is 103 Å². The minimum absolute atomic E-state index is 0.222. The fourth-order valence-corrected chi connectivity index (χ4v) is 2.07. The number of nitrogens with zero attached hydrogens (tertiary/aromatic N) is 1. The van der Waals surface area contributed by atoms with E-state index in [-0.39, 0.29) is 5.82 Å². The smallest absolute Gasteiger partial charge is 0.138 e. The number of hydrogen-bond donors (Lipinski definition) is 2. The van der Waals surface area contributed by atoms with Crippen LogP contribution in [-0.2, 0) is 6.54 Å². The van der Waals surface area contributed by atoms with Crippen molar-refractivity contribution in [3.8, 4) is 11.4 Å². The molecule has 0 fully saturated rings. The second-order valence-corrected chi connectivity index (χ2v) is 4.10. The molecule has 0 aliphatic rings. The molecule has 3 N–H and O–H groups in total. The second-order valence-electron chi connectivity index (χ2n) is 4.10. The summed E-state index contributed by atoms with van der Waals surface area (Å²) in [4.78, 5) is 7.41. The number of H-pyrrole nitrogens is 1. The van der Waals surface area contributed by atoms with Gasteiger partial charge in [-0.2, -0.15) is 0 Å². The second kappa shape index (κ2) is 4.23. The maximum atomic E-state index is 13.7. The van der Waals surface area contributed by atoms with Crippen molar-refractivity contribution in [3.05, 3.63) is 54.1 Å². The van der Waals surface area contributed by atoms with Gasteiger partial charge in [-0.3, -0.25) is 0 Å². The lowest BCUT2D eigenvalue weighted by atomic mass is 10.0. The highest BCUT2D eigenvalue weighted by atomic mass is 19.1. The predicted molar refractivity (Wildman–Crippen MR) is 69.4 cm³/mol. The van der Waals surface area contributed by atoms with Crippen molar-refractivity contribution in [1.29, 1.82) is 0 Å². The number of nitrogens with one attached hydrogen (secondary N) is 1. The molecular weight excluding hydrogens is 229 g/mol. The Balaban J connectivity index is 2.26. The van der Waals surface area contributed by atoms with E-state index in [1.807, 2.05) is 18.2 Å². The van der Waals surface area contributed by atoms with E-state index in [0.29, 0.717) is 17.8 Å². The number of nitrogens with two attached hydrogens (primary N) is 1. The molecule has 18 heavy (non-hydrogen) atoms. The molecule has 3 aromatic rings. The van der Waals surface area contributed by atoms with Crippen molar-refractivity contribution in [2.24, 2.45) is 5.73 Å². The Morgan fingerprint density at radius 3 is 2.61 bits per heavy atom. The molecule has 3 rings (SSSR count). The molecule has 0 saturated carbocycles. The van der Waals surface area contributed by atoms with Gasteiger partial charge in [-0.25, -0.2) is 9.37 Å². The molecule has 0 bridgehead atoms. The van der Waals surface area contributed by atoms with Crippen LogP contribution in [0.2, 0.25) is 0 Å². The lowest BCUT2D eigenvalue weighted by Crippen LogP contribution is -1.95. The molecule has 3 nitrogen and oxygen atoms in total. The molecule has 1 heterocycles. The van der Waals surface area contributed by atoms with Crippen molar-refractivity contribution >= 4 is 10.8 Å². The van der Waals surface area contributed by atoms with Crippen LogP contribution in [0, 0.1) is 5.82 Å². The quantitative estimate of drug-likeness (QED) is 0.724. The van der Waals surface area contributed by atoms with E-state index < -0.39 is 0 Å². The average Bonchev–Trinajstić information content (AvgIpc) is 2.88. The van der Waals surface area contributed by atoms with E-state index in [0.717, 1.165) is 16.6 Å². The highest BCUT2D eigenvalue weighted by Gasteiger charge is 2.09. The molecule has 0 unspecified atom stereocenters. The van der Waals surface area contributed by atoms with Gasteiger partial charge in [0, 0.05) is 29.4 Å². The normalized spacial score (nSPS) is 11.0. The van der Waals surface area contributed by atoms with Gasteiger partial charge in [-0.15, -0.1) is 0 Å². The third-order valence-electron chi connectivity index (χ3n) is 2.97. The summed E-state index contributed by atoms with van der Waals surface area (Å²) in [5.74, 6) is 0.492. The van der Waals surface area contributed by atoms with Crippen LogP contribution in [-0.4, -0.2) is 9.97 Å². The minimum atomic E-state index is -0.222. The molecule has 0 aliphatic carbocycles. The van der Waals surface area contributed by atoms with Gasteiger partial charge in [0.2, 0.25) is 0 Å². The number of fused-ring (bicyclic) bond motifs is 1. The first-order valence-corrected chi connectivity index (χ1v) is 5.71. The topological polar surface area (TPSA) is 54.7 Å². The zero-order valence-corrected chi connectivity index (χ0v) is 9.65. The van der Waals surface area contributed by atoms with Gasteiger partial charge in [0.05, 0.1) is 0 Å². The van der Waals surface area contributed by atoms with E-state index >= 15 is 0 Å². The Bertz CT molecular complexity index is 703. The number of aromatic nitrogens is 2. The number of benzene rings is 2. The van der Waals surface area contributed by atoms with Crippen molar-refractivity contribution in [3.63, 3.8) is 0 Å². The SMILES string of the molecule is NCc1cnc(-c2ccc(F)c3ccccc23)[nH]1. The summed E-state index contributed by atoms with van der Waals surface area (Å²) in [6.07, 6.45) is 1.70. The molecule has 90 valence electrons. The molecule has 0 radical (unpaired) electrons. The summed E-state index contributed by atoms with van der Waals surface area (Å²) < 4.78 is 13.7. The summed E-state index contributed by atoms with van der Waals surface area (Å²) in [5, 5.41) is 1.44. The van der Waals surface area contributed by atoms with Crippen LogP contribution >= 0.6 is 0 Å². The van der Waals surface area contributed by atoms with Gasteiger partial charge in [0.25, 0.3) is 0 Å². The number of aromatic amines is 1. The molecule has 0 amide bonds. The summed E-state index contributed by atoms with van der Waals surface area (Å²) in [6.45, 7) is 0.409. The van der Waals surface area contributed by atoms with E-state index in [1.54, 1.807) is 18.3 Å². The molecule has 4 heteroatoms. The van der Waals surface area contributed by atoms with E-state index in [4.69, 9.17) is 5.73 Å². The predicted octanol–water partition coefficient (Wildman–Crippen LogP) is 2.83. The van der Waals surface area contributed by atoms with Crippen LogP contribution in [0.25, 0.3) is 22.2 Å². The van der Waals surface area contributed by atoms with E-state index in [2.05, 4.69) is 9.97 Å². The number of imidazole rings is 1. The fraction of sp³-hybridized carbons (Fsp3) is 0.0714. The van der Waals surface area contributed by atoms with Crippen molar-refractivity contribution in [2.75, 3.05) is 0 Å². The van der Waals surface area contributed by atoms with Gasteiger partial charge < -0.3 is 10.7 Å². The van der Waals surface area contributed by atoms with Crippen LogP contribution in [0.4, 0.5) is 4.39 Å². The third kappa shape index (κ3) is 1.67. The van der Waals surface area contributed by atoms with Gasteiger partial charge in [0.15, 0.2) is 0 Å². The molecule has 2 aromatic carbocycles. The summed E-state index contributed by atoms with van der Waals surface area (Å²) >= 11 is 0. The zero-order valence-electron chi connectivity index (χ0n) is 9.65.